The van der Waals surface area contributed by atoms with Gasteiger partial charge in [0.2, 0.25) is 0 Å². The number of aryl methyl sites for hydroxylation is 2. The molecule has 0 unspecified atom stereocenters. The molecule has 2 aromatic carbocycles. The third-order valence-electron chi connectivity index (χ3n) is 3.80. The van der Waals surface area contributed by atoms with Gasteiger partial charge in [-0.3, -0.25) is 0 Å². The number of anilines is 2. The van der Waals surface area contributed by atoms with Crippen molar-refractivity contribution < 1.29 is 4.39 Å². The molecule has 0 fully saturated rings. The van der Waals surface area contributed by atoms with Crippen LogP contribution in [0.25, 0.3) is 0 Å². The smallest absolute Gasteiger partial charge is 0.126 e. The van der Waals surface area contributed by atoms with E-state index in [-0.39, 0.29) is 5.82 Å². The Kier molecular flexibility index (Phi) is 3.59. The van der Waals surface area contributed by atoms with Crippen LogP contribution in [0.4, 0.5) is 15.8 Å². The maximum atomic E-state index is 13.2. The second-order valence-corrected chi connectivity index (χ2v) is 5.30. The maximum Gasteiger partial charge on any atom is 0.126 e. The first-order chi connectivity index (χ1) is 9.74. The van der Waals surface area contributed by atoms with Crippen LogP contribution in [0.15, 0.2) is 36.4 Å². The van der Waals surface area contributed by atoms with Crippen LogP contribution in [0.2, 0.25) is 0 Å². The van der Waals surface area contributed by atoms with Crippen LogP contribution in [0.5, 0.6) is 0 Å². The van der Waals surface area contributed by atoms with Gasteiger partial charge in [0.15, 0.2) is 0 Å². The van der Waals surface area contributed by atoms with Crippen molar-refractivity contribution in [3.8, 4) is 0 Å². The van der Waals surface area contributed by atoms with E-state index >= 15 is 0 Å². The van der Waals surface area contributed by atoms with Crippen LogP contribution in [-0.2, 0) is 13.0 Å². The molecule has 2 nitrogen and oxygen atoms in total. The van der Waals surface area contributed by atoms with Gasteiger partial charge in [-0.05, 0) is 54.7 Å². The van der Waals surface area contributed by atoms with Crippen molar-refractivity contribution in [1.82, 2.24) is 0 Å². The molecule has 0 saturated heterocycles. The average Bonchev–Trinajstić information content (AvgIpc) is 2.48. The van der Waals surface area contributed by atoms with Crippen molar-refractivity contribution in [2.75, 3.05) is 17.2 Å². The summed E-state index contributed by atoms with van der Waals surface area (Å²) < 4.78 is 13.2. The molecule has 0 atom stereocenters. The second-order valence-electron chi connectivity index (χ2n) is 5.30. The molecular weight excluding hydrogens is 251 g/mol. The Hall–Kier alpha value is -2.03. The lowest BCUT2D eigenvalue weighted by Crippen LogP contribution is -2.15. The first-order valence-electron chi connectivity index (χ1n) is 7.09. The lowest BCUT2D eigenvalue weighted by molar-refractivity contribution is 0.618. The second kappa shape index (κ2) is 5.53. The molecule has 104 valence electrons. The standard InChI is InChI=1S/C17H19FN2/c1-12-10-15(7-8-16(12)18)20-11-14-5-2-4-13-6-3-9-19-17(13)14/h2,4-5,7-8,10,19-20H,3,6,9,11H2,1H3. The van der Waals surface area contributed by atoms with E-state index in [0.717, 1.165) is 25.2 Å². The van der Waals surface area contributed by atoms with Gasteiger partial charge in [-0.25, -0.2) is 4.39 Å². The number of hydrogen-bond donors (Lipinski definition) is 2. The Balaban J connectivity index is 1.76. The summed E-state index contributed by atoms with van der Waals surface area (Å²) >= 11 is 0. The third kappa shape index (κ3) is 2.62. The lowest BCUT2D eigenvalue weighted by Gasteiger charge is -2.21. The molecule has 1 aliphatic rings. The van der Waals surface area contributed by atoms with Gasteiger partial charge in [0.05, 0.1) is 0 Å². The quantitative estimate of drug-likeness (QED) is 0.877. The van der Waals surface area contributed by atoms with Gasteiger partial charge in [-0.1, -0.05) is 18.2 Å². The minimum Gasteiger partial charge on any atom is -0.385 e. The molecule has 3 rings (SSSR count). The van der Waals surface area contributed by atoms with Crippen molar-refractivity contribution in [3.63, 3.8) is 0 Å². The highest BCUT2D eigenvalue weighted by Crippen LogP contribution is 2.26. The average molecular weight is 270 g/mol. The van der Waals surface area contributed by atoms with Gasteiger partial charge in [-0.2, -0.15) is 0 Å². The summed E-state index contributed by atoms with van der Waals surface area (Å²) in [7, 11) is 0. The molecule has 1 aliphatic heterocycles. The summed E-state index contributed by atoms with van der Waals surface area (Å²) in [6.07, 6.45) is 2.34. The molecule has 1 heterocycles. The van der Waals surface area contributed by atoms with Gasteiger partial charge in [-0.15, -0.1) is 0 Å². The molecule has 0 saturated carbocycles. The van der Waals surface area contributed by atoms with E-state index in [0.29, 0.717) is 5.56 Å². The highest BCUT2D eigenvalue weighted by molar-refractivity contribution is 5.60. The number of rotatable bonds is 3. The number of fused-ring (bicyclic) bond motifs is 1. The fourth-order valence-corrected chi connectivity index (χ4v) is 2.68. The number of hydrogen-bond acceptors (Lipinski definition) is 2. The molecule has 0 spiro atoms. The molecule has 0 bridgehead atoms. The van der Waals surface area contributed by atoms with Gasteiger partial charge in [0, 0.05) is 24.5 Å². The Labute approximate surface area is 119 Å². The van der Waals surface area contributed by atoms with Crippen molar-refractivity contribution in [1.29, 1.82) is 0 Å². The van der Waals surface area contributed by atoms with Crippen molar-refractivity contribution >= 4 is 11.4 Å². The number of nitrogens with one attached hydrogen (secondary N) is 2. The number of halogens is 1. The molecule has 20 heavy (non-hydrogen) atoms. The summed E-state index contributed by atoms with van der Waals surface area (Å²) in [5.41, 5.74) is 5.56. The number of benzene rings is 2. The molecule has 0 amide bonds. The van der Waals surface area contributed by atoms with E-state index in [1.165, 1.54) is 29.3 Å². The van der Waals surface area contributed by atoms with Gasteiger partial charge < -0.3 is 10.6 Å². The summed E-state index contributed by atoms with van der Waals surface area (Å²) in [5.74, 6) is -0.158. The first-order valence-corrected chi connectivity index (χ1v) is 7.09. The molecule has 0 aromatic heterocycles. The monoisotopic (exact) mass is 270 g/mol. The van der Waals surface area contributed by atoms with E-state index in [4.69, 9.17) is 0 Å². The molecule has 2 aromatic rings. The van der Waals surface area contributed by atoms with E-state index in [9.17, 15) is 4.39 Å². The van der Waals surface area contributed by atoms with Gasteiger partial charge in [0.1, 0.15) is 5.82 Å². The largest absolute Gasteiger partial charge is 0.385 e. The zero-order valence-corrected chi connectivity index (χ0v) is 11.7. The van der Waals surface area contributed by atoms with Crippen molar-refractivity contribution in [2.45, 2.75) is 26.3 Å². The van der Waals surface area contributed by atoms with Crippen molar-refractivity contribution in [3.05, 3.63) is 58.9 Å². The molecule has 2 N–H and O–H groups in total. The normalized spacial score (nSPS) is 13.5. The Morgan fingerprint density at radius 1 is 1.25 bits per heavy atom. The van der Waals surface area contributed by atoms with Crippen molar-refractivity contribution in [2.24, 2.45) is 0 Å². The SMILES string of the molecule is Cc1cc(NCc2cccc3c2NCCC3)ccc1F. The van der Waals surface area contributed by atoms with E-state index in [1.807, 2.05) is 6.07 Å². The zero-order chi connectivity index (χ0) is 13.9. The van der Waals surface area contributed by atoms with Crippen LogP contribution in [0, 0.1) is 12.7 Å². The van der Waals surface area contributed by atoms with Crippen LogP contribution in [-0.4, -0.2) is 6.54 Å². The highest BCUT2D eigenvalue weighted by Gasteiger charge is 2.11. The van der Waals surface area contributed by atoms with E-state index in [2.05, 4.69) is 28.8 Å². The minimum absolute atomic E-state index is 0.158. The molecule has 0 radical (unpaired) electrons. The third-order valence-corrected chi connectivity index (χ3v) is 3.80. The predicted octanol–water partition coefficient (Wildman–Crippen LogP) is 4.10. The van der Waals surface area contributed by atoms with Gasteiger partial charge >= 0.3 is 0 Å². The highest BCUT2D eigenvalue weighted by atomic mass is 19.1. The summed E-state index contributed by atoms with van der Waals surface area (Å²) in [4.78, 5) is 0. The van der Waals surface area contributed by atoms with Crippen LogP contribution in [0.3, 0.4) is 0 Å². The van der Waals surface area contributed by atoms with Crippen LogP contribution >= 0.6 is 0 Å². The molecule has 0 aliphatic carbocycles. The Morgan fingerprint density at radius 3 is 3.00 bits per heavy atom. The fraction of sp³-hybridized carbons (Fsp3) is 0.294. The summed E-state index contributed by atoms with van der Waals surface area (Å²) in [6, 6.07) is 11.6. The predicted molar refractivity (Wildman–Crippen MR) is 81.7 cm³/mol. The van der Waals surface area contributed by atoms with E-state index in [1.54, 1.807) is 13.0 Å². The summed E-state index contributed by atoms with van der Waals surface area (Å²) in [6.45, 7) is 3.58. The number of para-hydroxylation sites is 1. The minimum atomic E-state index is -0.158. The van der Waals surface area contributed by atoms with Crippen LogP contribution < -0.4 is 10.6 Å². The zero-order valence-electron chi connectivity index (χ0n) is 11.7. The summed E-state index contributed by atoms with van der Waals surface area (Å²) in [5, 5.41) is 6.86. The van der Waals surface area contributed by atoms with Gasteiger partial charge in [0.25, 0.3) is 0 Å². The fourth-order valence-electron chi connectivity index (χ4n) is 2.68. The lowest BCUT2D eigenvalue weighted by atomic mass is 9.99. The topological polar surface area (TPSA) is 24.1 Å². The van der Waals surface area contributed by atoms with E-state index < -0.39 is 0 Å². The first kappa shape index (κ1) is 13.0. The molecule has 3 heteroatoms. The maximum absolute atomic E-state index is 13.2. The Morgan fingerprint density at radius 2 is 2.15 bits per heavy atom. The molecular formula is C17H19FN2. The van der Waals surface area contributed by atoms with Crippen LogP contribution in [0.1, 0.15) is 23.1 Å². The Bertz CT molecular complexity index is 622.